The van der Waals surface area contributed by atoms with Gasteiger partial charge < -0.3 is 9.64 Å². The summed E-state index contributed by atoms with van der Waals surface area (Å²) in [5.74, 6) is 1.20. The highest BCUT2D eigenvalue weighted by molar-refractivity contribution is 5.81. The SMILES string of the molecule is C[C@@H]1COCCN1c1cc(-c2ccnn2C(F)F)c2cnc(-c3ccn[nH]3)n2n1. The number of nitrogens with zero attached hydrogens (tertiary/aromatic N) is 7. The maximum atomic E-state index is 13.5. The molecular formula is C18H18F2N8O. The Bertz CT molecular complexity index is 1140. The monoisotopic (exact) mass is 400 g/mol. The largest absolute Gasteiger partial charge is 0.377 e. The van der Waals surface area contributed by atoms with Gasteiger partial charge in [0.2, 0.25) is 0 Å². The third-order valence-electron chi connectivity index (χ3n) is 5.02. The topological polar surface area (TPSA) is 89.2 Å². The third kappa shape index (κ3) is 2.94. The molecule has 0 saturated carbocycles. The van der Waals surface area contributed by atoms with E-state index in [-0.39, 0.29) is 6.04 Å². The van der Waals surface area contributed by atoms with Crippen molar-refractivity contribution < 1.29 is 13.5 Å². The summed E-state index contributed by atoms with van der Waals surface area (Å²) in [7, 11) is 0. The predicted molar refractivity (Wildman–Crippen MR) is 101 cm³/mol. The number of hydrogen-bond donors (Lipinski definition) is 1. The lowest BCUT2D eigenvalue weighted by molar-refractivity contribution is 0.0585. The molecule has 150 valence electrons. The average molecular weight is 400 g/mol. The number of rotatable bonds is 4. The van der Waals surface area contributed by atoms with Gasteiger partial charge in [-0.1, -0.05) is 0 Å². The summed E-state index contributed by atoms with van der Waals surface area (Å²) in [6.45, 7) is 1.08. The van der Waals surface area contributed by atoms with Crippen molar-refractivity contribution in [3.8, 4) is 22.8 Å². The zero-order valence-corrected chi connectivity index (χ0v) is 15.5. The lowest BCUT2D eigenvalue weighted by atomic mass is 10.1. The van der Waals surface area contributed by atoms with E-state index < -0.39 is 6.55 Å². The third-order valence-corrected chi connectivity index (χ3v) is 5.02. The highest BCUT2D eigenvalue weighted by Crippen LogP contribution is 2.32. The number of H-pyrrole nitrogens is 1. The van der Waals surface area contributed by atoms with Crippen LogP contribution < -0.4 is 4.90 Å². The van der Waals surface area contributed by atoms with Crippen LogP contribution in [-0.2, 0) is 4.74 Å². The van der Waals surface area contributed by atoms with Gasteiger partial charge in [0, 0.05) is 24.5 Å². The molecule has 1 N–H and O–H groups in total. The van der Waals surface area contributed by atoms with Crippen LogP contribution in [0.5, 0.6) is 0 Å². The Morgan fingerprint density at radius 3 is 2.93 bits per heavy atom. The van der Waals surface area contributed by atoms with Crippen LogP contribution in [0.1, 0.15) is 13.5 Å². The lowest BCUT2D eigenvalue weighted by Crippen LogP contribution is -2.44. The zero-order chi connectivity index (χ0) is 20.0. The fraction of sp³-hybridized carbons (Fsp3) is 0.333. The van der Waals surface area contributed by atoms with Crippen molar-refractivity contribution in [3.05, 3.63) is 36.8 Å². The molecule has 0 aliphatic carbocycles. The van der Waals surface area contributed by atoms with Gasteiger partial charge in [0.25, 0.3) is 0 Å². The molecule has 11 heteroatoms. The van der Waals surface area contributed by atoms with E-state index in [9.17, 15) is 8.78 Å². The summed E-state index contributed by atoms with van der Waals surface area (Å²) in [5, 5.41) is 15.4. The molecule has 1 aliphatic heterocycles. The first-order chi connectivity index (χ1) is 14.1. The number of nitrogens with one attached hydrogen (secondary N) is 1. The number of fused-ring (bicyclic) bond motifs is 1. The number of imidazole rings is 1. The number of anilines is 1. The Hall–Kier alpha value is -3.34. The summed E-state index contributed by atoms with van der Waals surface area (Å²) in [4.78, 5) is 6.56. The molecule has 9 nitrogen and oxygen atoms in total. The fourth-order valence-corrected chi connectivity index (χ4v) is 3.63. The van der Waals surface area contributed by atoms with E-state index in [0.717, 1.165) is 0 Å². The van der Waals surface area contributed by atoms with Crippen molar-refractivity contribution in [2.45, 2.75) is 19.5 Å². The number of aromatic nitrogens is 7. The normalized spacial score (nSPS) is 17.5. The number of morpholine rings is 1. The van der Waals surface area contributed by atoms with Crippen molar-refractivity contribution >= 4 is 11.3 Å². The molecule has 1 atom stereocenters. The van der Waals surface area contributed by atoms with E-state index in [2.05, 4.69) is 25.2 Å². The molecule has 0 unspecified atom stereocenters. The van der Waals surface area contributed by atoms with Crippen molar-refractivity contribution in [1.29, 1.82) is 0 Å². The molecule has 5 heterocycles. The van der Waals surface area contributed by atoms with Crippen molar-refractivity contribution in [2.75, 3.05) is 24.7 Å². The maximum Gasteiger partial charge on any atom is 0.333 e. The number of halogens is 2. The Balaban J connectivity index is 1.76. The van der Waals surface area contributed by atoms with Gasteiger partial charge in [0.1, 0.15) is 5.69 Å². The molecule has 5 rings (SSSR count). The van der Waals surface area contributed by atoms with E-state index in [0.29, 0.717) is 58.6 Å². The van der Waals surface area contributed by atoms with E-state index in [1.165, 1.54) is 6.20 Å². The minimum Gasteiger partial charge on any atom is -0.377 e. The summed E-state index contributed by atoms with van der Waals surface area (Å²) < 4.78 is 34.9. The zero-order valence-electron chi connectivity index (χ0n) is 15.5. The van der Waals surface area contributed by atoms with E-state index in [1.54, 1.807) is 29.0 Å². The van der Waals surface area contributed by atoms with Gasteiger partial charge in [-0.25, -0.2) is 14.2 Å². The first-order valence-electron chi connectivity index (χ1n) is 9.18. The highest BCUT2D eigenvalue weighted by atomic mass is 19.3. The van der Waals surface area contributed by atoms with Crippen LogP contribution in [0, 0.1) is 0 Å². The minimum atomic E-state index is -2.76. The molecule has 4 aromatic rings. The lowest BCUT2D eigenvalue weighted by Gasteiger charge is -2.34. The average Bonchev–Trinajstić information content (AvgIpc) is 3.46. The van der Waals surface area contributed by atoms with E-state index in [4.69, 9.17) is 9.84 Å². The van der Waals surface area contributed by atoms with Crippen LogP contribution in [0.25, 0.3) is 28.3 Å². The van der Waals surface area contributed by atoms with Gasteiger partial charge in [-0.2, -0.15) is 19.0 Å². The van der Waals surface area contributed by atoms with Crippen LogP contribution in [-0.4, -0.2) is 60.4 Å². The summed E-state index contributed by atoms with van der Waals surface area (Å²) in [6.07, 6.45) is 4.60. The molecule has 4 aromatic heterocycles. The standard InChI is InChI=1S/C18H18F2N8O/c1-11-10-29-7-6-26(11)16-8-12(14-3-5-23-28(14)18(19)20)15-9-21-17(27(15)25-16)13-2-4-22-24-13/h2-5,8-9,11,18H,6-7,10H2,1H3,(H,22,24)/t11-/m1/s1. The number of alkyl halides is 2. The van der Waals surface area contributed by atoms with Crippen LogP contribution in [0.4, 0.5) is 14.6 Å². The molecule has 1 aliphatic rings. The van der Waals surface area contributed by atoms with Gasteiger partial charge in [-0.3, -0.25) is 5.10 Å². The number of aromatic amines is 1. The maximum absolute atomic E-state index is 13.5. The van der Waals surface area contributed by atoms with E-state index in [1.807, 2.05) is 13.0 Å². The summed E-state index contributed by atoms with van der Waals surface area (Å²) in [5.41, 5.74) is 2.15. The van der Waals surface area contributed by atoms with Gasteiger partial charge in [-0.05, 0) is 25.1 Å². The molecule has 0 spiro atoms. The summed E-state index contributed by atoms with van der Waals surface area (Å²) in [6, 6.07) is 5.26. The molecule has 0 radical (unpaired) electrons. The second-order valence-corrected chi connectivity index (χ2v) is 6.82. The Kier molecular flexibility index (Phi) is 4.23. The van der Waals surface area contributed by atoms with Gasteiger partial charge in [-0.15, -0.1) is 5.10 Å². The van der Waals surface area contributed by atoms with Crippen molar-refractivity contribution in [1.82, 2.24) is 34.6 Å². The Morgan fingerprint density at radius 1 is 1.28 bits per heavy atom. The number of ether oxygens (including phenoxy) is 1. The van der Waals surface area contributed by atoms with Crippen molar-refractivity contribution in [3.63, 3.8) is 0 Å². The first-order valence-corrected chi connectivity index (χ1v) is 9.18. The quantitative estimate of drug-likeness (QED) is 0.567. The molecule has 0 aromatic carbocycles. The van der Waals surface area contributed by atoms with Crippen LogP contribution >= 0.6 is 0 Å². The minimum absolute atomic E-state index is 0.0979. The smallest absolute Gasteiger partial charge is 0.333 e. The Labute approximate surface area is 163 Å². The highest BCUT2D eigenvalue weighted by Gasteiger charge is 2.25. The predicted octanol–water partition coefficient (Wildman–Crippen LogP) is 2.60. The second-order valence-electron chi connectivity index (χ2n) is 6.82. The van der Waals surface area contributed by atoms with Crippen LogP contribution in [0.2, 0.25) is 0 Å². The molecule has 29 heavy (non-hydrogen) atoms. The van der Waals surface area contributed by atoms with Crippen molar-refractivity contribution in [2.24, 2.45) is 0 Å². The van der Waals surface area contributed by atoms with Gasteiger partial charge in [0.15, 0.2) is 11.6 Å². The molecule has 1 saturated heterocycles. The molecule has 1 fully saturated rings. The summed E-state index contributed by atoms with van der Waals surface area (Å²) >= 11 is 0. The first kappa shape index (κ1) is 17.7. The fourth-order valence-electron chi connectivity index (χ4n) is 3.63. The number of hydrogen-bond acceptors (Lipinski definition) is 6. The van der Waals surface area contributed by atoms with Crippen LogP contribution in [0.15, 0.2) is 36.8 Å². The van der Waals surface area contributed by atoms with Gasteiger partial charge >= 0.3 is 6.55 Å². The molecule has 0 bridgehead atoms. The second kappa shape index (κ2) is 6.92. The molecule has 0 amide bonds. The molecular weight excluding hydrogens is 382 g/mol. The van der Waals surface area contributed by atoms with Gasteiger partial charge in [0.05, 0.1) is 36.7 Å². The van der Waals surface area contributed by atoms with Crippen LogP contribution in [0.3, 0.4) is 0 Å². The Morgan fingerprint density at radius 2 is 2.17 bits per heavy atom. The van der Waals surface area contributed by atoms with E-state index >= 15 is 0 Å².